The molecule has 15 heavy (non-hydrogen) atoms. The fourth-order valence-corrected chi connectivity index (χ4v) is 1.66. The lowest BCUT2D eigenvalue weighted by molar-refractivity contribution is -0.386. The third-order valence-corrected chi connectivity index (χ3v) is 2.91. The number of hydrogen-bond donors (Lipinski definition) is 0. The molecule has 0 heterocycles. The van der Waals surface area contributed by atoms with E-state index in [1.807, 2.05) is 6.26 Å². The van der Waals surface area contributed by atoms with Gasteiger partial charge in [-0.25, -0.2) is 0 Å². The number of thioether (sulfide) groups is 1. The van der Waals surface area contributed by atoms with Gasteiger partial charge in [-0.05, 0) is 25.2 Å². The van der Waals surface area contributed by atoms with Gasteiger partial charge in [0.15, 0.2) is 5.75 Å². The van der Waals surface area contributed by atoms with Crippen molar-refractivity contribution >= 4 is 17.4 Å². The van der Waals surface area contributed by atoms with E-state index >= 15 is 0 Å². The molecule has 1 aromatic carbocycles. The molecule has 4 nitrogen and oxygen atoms in total. The van der Waals surface area contributed by atoms with Crippen molar-refractivity contribution in [2.45, 2.75) is 23.8 Å². The molecule has 5 heteroatoms. The van der Waals surface area contributed by atoms with Gasteiger partial charge in [0, 0.05) is 17.0 Å². The van der Waals surface area contributed by atoms with Crippen LogP contribution in [0.2, 0.25) is 0 Å². The van der Waals surface area contributed by atoms with Crippen LogP contribution < -0.4 is 4.74 Å². The molecule has 1 saturated carbocycles. The van der Waals surface area contributed by atoms with E-state index in [-0.39, 0.29) is 11.8 Å². The van der Waals surface area contributed by atoms with Crippen LogP contribution in [-0.2, 0) is 0 Å². The van der Waals surface area contributed by atoms with Crippen LogP contribution in [-0.4, -0.2) is 17.3 Å². The second kappa shape index (κ2) is 4.10. The second-order valence-electron chi connectivity index (χ2n) is 3.41. The van der Waals surface area contributed by atoms with Crippen molar-refractivity contribution in [3.8, 4) is 5.75 Å². The van der Waals surface area contributed by atoms with Crippen LogP contribution in [0.5, 0.6) is 5.75 Å². The maximum atomic E-state index is 10.7. The summed E-state index contributed by atoms with van der Waals surface area (Å²) in [6, 6.07) is 4.98. The van der Waals surface area contributed by atoms with Gasteiger partial charge in [-0.15, -0.1) is 11.8 Å². The van der Waals surface area contributed by atoms with Crippen molar-refractivity contribution in [2.75, 3.05) is 6.26 Å². The normalized spacial score (nSPS) is 15.0. The summed E-state index contributed by atoms with van der Waals surface area (Å²) in [5, 5.41) is 10.7. The Hall–Kier alpha value is -1.23. The van der Waals surface area contributed by atoms with E-state index in [2.05, 4.69) is 0 Å². The highest BCUT2D eigenvalue weighted by molar-refractivity contribution is 7.98. The average Bonchev–Trinajstić information content (AvgIpc) is 3.01. The minimum atomic E-state index is -0.401. The second-order valence-corrected chi connectivity index (χ2v) is 4.29. The molecule has 0 atom stereocenters. The standard InChI is InChI=1S/C10H11NO3S/c1-15-8-4-5-9(11(12)13)10(6-8)14-7-2-3-7/h4-7H,2-3H2,1H3. The van der Waals surface area contributed by atoms with Crippen LogP contribution in [0.4, 0.5) is 5.69 Å². The van der Waals surface area contributed by atoms with Gasteiger partial charge in [0.1, 0.15) is 0 Å². The summed E-state index contributed by atoms with van der Waals surface area (Å²) in [6.45, 7) is 0. The molecule has 0 unspecified atom stereocenters. The van der Waals surface area contributed by atoms with Crippen LogP contribution in [0, 0.1) is 10.1 Å². The van der Waals surface area contributed by atoms with Crippen LogP contribution in [0.1, 0.15) is 12.8 Å². The Balaban J connectivity index is 2.30. The van der Waals surface area contributed by atoms with E-state index in [9.17, 15) is 10.1 Å². The van der Waals surface area contributed by atoms with Crippen LogP contribution in [0.15, 0.2) is 23.1 Å². The zero-order valence-electron chi connectivity index (χ0n) is 8.30. The van der Waals surface area contributed by atoms with E-state index < -0.39 is 4.92 Å². The predicted octanol–water partition coefficient (Wildman–Crippen LogP) is 2.86. The highest BCUT2D eigenvalue weighted by Crippen LogP contribution is 2.35. The summed E-state index contributed by atoms with van der Waals surface area (Å²) in [7, 11) is 0. The number of nitrogens with zero attached hydrogens (tertiary/aromatic N) is 1. The van der Waals surface area contributed by atoms with Gasteiger partial charge >= 0.3 is 5.69 Å². The number of ether oxygens (including phenoxy) is 1. The molecule has 0 saturated heterocycles. The quantitative estimate of drug-likeness (QED) is 0.449. The zero-order valence-corrected chi connectivity index (χ0v) is 9.12. The smallest absolute Gasteiger partial charge is 0.311 e. The minimum absolute atomic E-state index is 0.0553. The van der Waals surface area contributed by atoms with Gasteiger partial charge in [0.25, 0.3) is 0 Å². The molecule has 0 bridgehead atoms. The van der Waals surface area contributed by atoms with Crippen molar-refractivity contribution < 1.29 is 9.66 Å². The topological polar surface area (TPSA) is 52.4 Å². The fourth-order valence-electron chi connectivity index (χ4n) is 1.23. The molecule has 0 aliphatic heterocycles. The van der Waals surface area contributed by atoms with Crippen molar-refractivity contribution in [3.63, 3.8) is 0 Å². The molecule has 80 valence electrons. The molecule has 0 amide bonds. The van der Waals surface area contributed by atoms with Crippen molar-refractivity contribution in [1.82, 2.24) is 0 Å². The molecule has 0 spiro atoms. The zero-order chi connectivity index (χ0) is 10.8. The number of nitro benzene ring substituents is 1. The highest BCUT2D eigenvalue weighted by atomic mass is 32.2. The van der Waals surface area contributed by atoms with Crippen LogP contribution in [0.25, 0.3) is 0 Å². The summed E-state index contributed by atoms with van der Waals surface area (Å²) in [6.07, 6.45) is 4.12. The molecule has 1 fully saturated rings. The van der Waals surface area contributed by atoms with Gasteiger partial charge in [-0.3, -0.25) is 10.1 Å². The Bertz CT molecular complexity index is 390. The largest absolute Gasteiger partial charge is 0.483 e. The number of hydrogen-bond acceptors (Lipinski definition) is 4. The number of rotatable bonds is 4. The van der Waals surface area contributed by atoms with Crippen molar-refractivity contribution in [2.24, 2.45) is 0 Å². The molecular weight excluding hydrogens is 214 g/mol. The molecule has 0 aromatic heterocycles. The predicted molar refractivity (Wildman–Crippen MR) is 58.5 cm³/mol. The molecule has 1 aromatic rings. The Labute approximate surface area is 91.8 Å². The van der Waals surface area contributed by atoms with Gasteiger partial charge in [0.2, 0.25) is 0 Å². The molecule has 0 N–H and O–H groups in total. The summed E-state index contributed by atoms with van der Waals surface area (Å²) in [5.41, 5.74) is 0.0553. The molecular formula is C10H11NO3S. The fraction of sp³-hybridized carbons (Fsp3) is 0.400. The lowest BCUT2D eigenvalue weighted by atomic mass is 10.3. The van der Waals surface area contributed by atoms with E-state index in [4.69, 9.17) is 4.74 Å². The summed E-state index contributed by atoms with van der Waals surface area (Å²) < 4.78 is 5.51. The summed E-state index contributed by atoms with van der Waals surface area (Å²) in [4.78, 5) is 11.3. The number of benzene rings is 1. The Kier molecular flexibility index (Phi) is 2.81. The third-order valence-electron chi connectivity index (χ3n) is 2.18. The van der Waals surface area contributed by atoms with E-state index in [1.165, 1.54) is 6.07 Å². The first-order chi connectivity index (χ1) is 7.20. The molecule has 2 rings (SSSR count). The molecule has 1 aliphatic carbocycles. The molecule has 0 radical (unpaired) electrons. The maximum Gasteiger partial charge on any atom is 0.311 e. The number of nitro groups is 1. The monoisotopic (exact) mass is 225 g/mol. The summed E-state index contributed by atoms with van der Waals surface area (Å²) >= 11 is 1.55. The lowest BCUT2D eigenvalue weighted by Crippen LogP contribution is -2.00. The first-order valence-electron chi connectivity index (χ1n) is 4.70. The van der Waals surface area contributed by atoms with Gasteiger partial charge in [0.05, 0.1) is 11.0 Å². The van der Waals surface area contributed by atoms with Crippen LogP contribution in [0.3, 0.4) is 0 Å². The Morgan fingerprint density at radius 2 is 2.27 bits per heavy atom. The van der Waals surface area contributed by atoms with E-state index in [0.717, 1.165) is 17.7 Å². The Morgan fingerprint density at radius 1 is 1.53 bits per heavy atom. The third kappa shape index (κ3) is 2.41. The van der Waals surface area contributed by atoms with E-state index in [0.29, 0.717) is 5.75 Å². The van der Waals surface area contributed by atoms with Gasteiger partial charge in [-0.1, -0.05) is 0 Å². The molecule has 1 aliphatic rings. The van der Waals surface area contributed by atoms with Gasteiger partial charge in [-0.2, -0.15) is 0 Å². The lowest BCUT2D eigenvalue weighted by Gasteiger charge is -2.06. The first-order valence-corrected chi connectivity index (χ1v) is 5.92. The average molecular weight is 225 g/mol. The van der Waals surface area contributed by atoms with Crippen molar-refractivity contribution in [1.29, 1.82) is 0 Å². The maximum absolute atomic E-state index is 10.7. The van der Waals surface area contributed by atoms with Crippen molar-refractivity contribution in [3.05, 3.63) is 28.3 Å². The van der Waals surface area contributed by atoms with Gasteiger partial charge < -0.3 is 4.74 Å². The Morgan fingerprint density at radius 3 is 2.80 bits per heavy atom. The van der Waals surface area contributed by atoms with E-state index in [1.54, 1.807) is 23.9 Å². The minimum Gasteiger partial charge on any atom is -0.483 e. The van der Waals surface area contributed by atoms with Crippen LogP contribution >= 0.6 is 11.8 Å². The SMILES string of the molecule is CSc1ccc([N+](=O)[O-])c(OC2CC2)c1. The highest BCUT2D eigenvalue weighted by Gasteiger charge is 2.27. The first kappa shape index (κ1) is 10.3. The summed E-state index contributed by atoms with van der Waals surface area (Å²) in [5.74, 6) is 0.398.